The maximum absolute atomic E-state index is 12.3. The van der Waals surface area contributed by atoms with Crippen LogP contribution in [0.2, 0.25) is 0 Å². The lowest BCUT2D eigenvalue weighted by atomic mass is 10.1. The molecule has 1 fully saturated rings. The Kier molecular flexibility index (Phi) is 3.71. The Morgan fingerprint density at radius 1 is 1.42 bits per heavy atom. The highest BCUT2D eigenvalue weighted by atomic mass is 79.9. The third-order valence-electron chi connectivity index (χ3n) is 3.10. The summed E-state index contributed by atoms with van der Waals surface area (Å²) in [6.07, 6.45) is 0. The zero-order chi connectivity index (χ0) is 14.2. The molecule has 1 heterocycles. The lowest BCUT2D eigenvalue weighted by Gasteiger charge is -2.31. The van der Waals surface area contributed by atoms with Crippen LogP contribution in [0.1, 0.15) is 22.8 Å². The first-order valence-corrected chi connectivity index (χ1v) is 6.60. The van der Waals surface area contributed by atoms with Gasteiger partial charge in [0, 0.05) is 10.0 Å². The number of hydrogen-bond acceptors (Lipinski definition) is 3. The van der Waals surface area contributed by atoms with Crippen LogP contribution in [0.25, 0.3) is 0 Å². The Morgan fingerprint density at radius 3 is 2.74 bits per heavy atom. The molecule has 1 aromatic rings. The van der Waals surface area contributed by atoms with E-state index in [9.17, 15) is 14.4 Å². The third-order valence-corrected chi connectivity index (χ3v) is 3.96. The van der Waals surface area contributed by atoms with Crippen molar-refractivity contribution in [3.8, 4) is 0 Å². The van der Waals surface area contributed by atoms with E-state index in [0.29, 0.717) is 5.56 Å². The predicted octanol–water partition coefficient (Wildman–Crippen LogP) is 1.24. The van der Waals surface area contributed by atoms with E-state index in [0.717, 1.165) is 10.0 Å². The average molecular weight is 325 g/mol. The topological polar surface area (TPSA) is 66.5 Å². The Labute approximate surface area is 119 Å². The fourth-order valence-corrected chi connectivity index (χ4v) is 2.23. The molecule has 6 heteroatoms. The maximum Gasteiger partial charge on any atom is 0.255 e. The molecule has 100 valence electrons. The van der Waals surface area contributed by atoms with E-state index in [2.05, 4.69) is 21.2 Å². The van der Waals surface area contributed by atoms with Crippen molar-refractivity contribution in [1.82, 2.24) is 10.2 Å². The highest BCUT2D eigenvalue weighted by Gasteiger charge is 2.33. The van der Waals surface area contributed by atoms with Crippen LogP contribution in [0.3, 0.4) is 0 Å². The molecular formula is C13H13BrN2O3. The number of nitrogens with one attached hydrogen (secondary N) is 1. The summed E-state index contributed by atoms with van der Waals surface area (Å²) in [7, 11) is 0. The molecule has 1 unspecified atom stereocenters. The van der Waals surface area contributed by atoms with E-state index < -0.39 is 17.9 Å². The van der Waals surface area contributed by atoms with Crippen LogP contribution in [0.4, 0.5) is 0 Å². The highest BCUT2D eigenvalue weighted by molar-refractivity contribution is 9.10. The number of aryl methyl sites for hydroxylation is 1. The number of carbonyl (C=O) groups is 3. The number of halogens is 1. The first-order valence-electron chi connectivity index (χ1n) is 5.81. The van der Waals surface area contributed by atoms with Gasteiger partial charge in [0.25, 0.3) is 5.91 Å². The number of carbonyl (C=O) groups excluding carboxylic acids is 3. The number of imide groups is 1. The van der Waals surface area contributed by atoms with Crippen LogP contribution < -0.4 is 5.32 Å². The van der Waals surface area contributed by atoms with E-state index in [-0.39, 0.29) is 12.5 Å². The van der Waals surface area contributed by atoms with E-state index in [1.807, 2.05) is 13.0 Å². The van der Waals surface area contributed by atoms with Crippen molar-refractivity contribution in [1.29, 1.82) is 0 Å². The Balaban J connectivity index is 2.29. The summed E-state index contributed by atoms with van der Waals surface area (Å²) in [5.41, 5.74) is 1.46. The van der Waals surface area contributed by atoms with Gasteiger partial charge in [0.15, 0.2) is 0 Å². The smallest absolute Gasteiger partial charge is 0.255 e. The summed E-state index contributed by atoms with van der Waals surface area (Å²) < 4.78 is 0.818. The molecule has 0 spiro atoms. The van der Waals surface area contributed by atoms with Gasteiger partial charge < -0.3 is 4.90 Å². The number of piperazine rings is 1. The summed E-state index contributed by atoms with van der Waals surface area (Å²) in [6, 6.07) is 4.55. The molecule has 0 radical (unpaired) electrons. The largest absolute Gasteiger partial charge is 0.318 e. The summed E-state index contributed by atoms with van der Waals surface area (Å²) in [5, 5.41) is 2.20. The highest BCUT2D eigenvalue weighted by Crippen LogP contribution is 2.19. The zero-order valence-corrected chi connectivity index (χ0v) is 12.2. The number of nitrogens with zero attached hydrogens (tertiary/aromatic N) is 1. The molecule has 1 N–H and O–H groups in total. The van der Waals surface area contributed by atoms with E-state index in [1.54, 1.807) is 19.1 Å². The molecule has 0 bridgehead atoms. The molecule has 1 atom stereocenters. The lowest BCUT2D eigenvalue weighted by molar-refractivity contribution is -0.138. The second kappa shape index (κ2) is 5.13. The molecule has 1 aliphatic heterocycles. The molecular weight excluding hydrogens is 312 g/mol. The molecule has 0 saturated carbocycles. The van der Waals surface area contributed by atoms with Crippen molar-refractivity contribution in [2.75, 3.05) is 6.54 Å². The predicted molar refractivity (Wildman–Crippen MR) is 72.5 cm³/mol. The summed E-state index contributed by atoms with van der Waals surface area (Å²) in [5.74, 6) is -1.23. The average Bonchev–Trinajstić information content (AvgIpc) is 2.36. The van der Waals surface area contributed by atoms with Crippen LogP contribution in [0.15, 0.2) is 22.7 Å². The summed E-state index contributed by atoms with van der Waals surface area (Å²) in [6.45, 7) is 3.42. The van der Waals surface area contributed by atoms with Gasteiger partial charge in [-0.25, -0.2) is 0 Å². The first-order chi connectivity index (χ1) is 8.90. The van der Waals surface area contributed by atoms with Crippen molar-refractivity contribution < 1.29 is 14.4 Å². The summed E-state index contributed by atoms with van der Waals surface area (Å²) >= 11 is 3.36. The molecule has 1 saturated heterocycles. The molecule has 1 aliphatic rings. The van der Waals surface area contributed by atoms with Crippen molar-refractivity contribution in [3.05, 3.63) is 33.8 Å². The zero-order valence-electron chi connectivity index (χ0n) is 10.6. The maximum atomic E-state index is 12.3. The van der Waals surface area contributed by atoms with E-state index in [4.69, 9.17) is 0 Å². The van der Waals surface area contributed by atoms with Gasteiger partial charge in [-0.15, -0.1) is 0 Å². The third kappa shape index (κ3) is 2.68. The Hall–Kier alpha value is -1.69. The van der Waals surface area contributed by atoms with Crippen molar-refractivity contribution in [3.63, 3.8) is 0 Å². The van der Waals surface area contributed by atoms with Crippen LogP contribution in [-0.2, 0) is 9.59 Å². The van der Waals surface area contributed by atoms with Gasteiger partial charge in [-0.2, -0.15) is 0 Å². The van der Waals surface area contributed by atoms with Crippen LogP contribution in [-0.4, -0.2) is 35.2 Å². The Bertz CT molecular complexity index is 571. The van der Waals surface area contributed by atoms with Gasteiger partial charge in [-0.1, -0.05) is 22.0 Å². The second-order valence-electron chi connectivity index (χ2n) is 4.49. The molecule has 0 aromatic heterocycles. The number of hydrogen-bond donors (Lipinski definition) is 1. The number of amides is 3. The van der Waals surface area contributed by atoms with Crippen molar-refractivity contribution >= 4 is 33.7 Å². The van der Waals surface area contributed by atoms with Crippen molar-refractivity contribution in [2.45, 2.75) is 19.9 Å². The fraction of sp³-hybridized carbons (Fsp3) is 0.308. The van der Waals surface area contributed by atoms with Crippen LogP contribution >= 0.6 is 15.9 Å². The molecule has 19 heavy (non-hydrogen) atoms. The van der Waals surface area contributed by atoms with Gasteiger partial charge in [0.1, 0.15) is 12.6 Å². The van der Waals surface area contributed by atoms with Gasteiger partial charge in [-0.05, 0) is 31.5 Å². The van der Waals surface area contributed by atoms with E-state index >= 15 is 0 Å². The standard InChI is InChI=1S/C13H13BrN2O3/c1-7-3-4-9(5-10(7)14)13(19)16-6-11(17)15-12(18)8(16)2/h3-5,8H,6H2,1-2H3,(H,15,17,18). The molecule has 3 amide bonds. The van der Waals surface area contributed by atoms with Gasteiger partial charge >= 0.3 is 0 Å². The van der Waals surface area contributed by atoms with Gasteiger partial charge in [0.2, 0.25) is 11.8 Å². The SMILES string of the molecule is Cc1ccc(C(=O)N2CC(=O)NC(=O)C2C)cc1Br. The minimum absolute atomic E-state index is 0.1000. The molecule has 2 rings (SSSR count). The monoisotopic (exact) mass is 324 g/mol. The van der Waals surface area contributed by atoms with Gasteiger partial charge in [-0.3, -0.25) is 19.7 Å². The normalized spacial score (nSPS) is 19.3. The minimum atomic E-state index is -0.648. The first kappa shape index (κ1) is 13.7. The molecule has 0 aliphatic carbocycles. The number of benzene rings is 1. The lowest BCUT2D eigenvalue weighted by Crippen LogP contribution is -2.58. The van der Waals surface area contributed by atoms with Crippen molar-refractivity contribution in [2.24, 2.45) is 0 Å². The molecule has 5 nitrogen and oxygen atoms in total. The second-order valence-corrected chi connectivity index (χ2v) is 5.34. The fourth-order valence-electron chi connectivity index (χ4n) is 1.85. The Morgan fingerprint density at radius 2 is 2.11 bits per heavy atom. The summed E-state index contributed by atoms with van der Waals surface area (Å²) in [4.78, 5) is 36.5. The number of rotatable bonds is 1. The minimum Gasteiger partial charge on any atom is -0.318 e. The quantitative estimate of drug-likeness (QED) is 0.790. The van der Waals surface area contributed by atoms with E-state index in [1.165, 1.54) is 4.90 Å². The molecule has 1 aromatic carbocycles. The van der Waals surface area contributed by atoms with Crippen LogP contribution in [0.5, 0.6) is 0 Å². The van der Waals surface area contributed by atoms with Crippen LogP contribution in [0, 0.1) is 6.92 Å². The van der Waals surface area contributed by atoms with Gasteiger partial charge in [0.05, 0.1) is 0 Å².